The number of pyridine rings is 2. The molecular formula is C25H30N2O3S. The van der Waals surface area contributed by atoms with E-state index in [0.717, 1.165) is 51.9 Å². The van der Waals surface area contributed by atoms with Gasteiger partial charge < -0.3 is 9.30 Å². The van der Waals surface area contributed by atoms with Crippen molar-refractivity contribution in [2.75, 3.05) is 0 Å². The second kappa shape index (κ2) is 7.99. The van der Waals surface area contributed by atoms with Crippen molar-refractivity contribution in [2.45, 2.75) is 72.0 Å². The minimum Gasteiger partial charge on any atom is -0.360 e. The van der Waals surface area contributed by atoms with Crippen molar-refractivity contribution in [3.05, 3.63) is 50.4 Å². The van der Waals surface area contributed by atoms with Crippen molar-refractivity contribution in [1.29, 1.82) is 0 Å². The minimum absolute atomic E-state index is 0.0469. The molecule has 0 N–H and O–H groups in total. The molecule has 0 radical (unpaired) electrons. The SMILES string of the molecule is CC(=O)[C@@H](OC(C)(C)C)c1c(C)nc2sc3c(c2c1-c1ccc(=O)n(C)c1)CCCC3. The third kappa shape index (κ3) is 4.11. The molecule has 1 atom stereocenters. The van der Waals surface area contributed by atoms with Crippen molar-refractivity contribution < 1.29 is 9.53 Å². The summed E-state index contributed by atoms with van der Waals surface area (Å²) in [6.07, 6.45) is 5.59. The van der Waals surface area contributed by atoms with Crippen LogP contribution in [0.15, 0.2) is 23.1 Å². The largest absolute Gasteiger partial charge is 0.360 e. The molecule has 0 saturated carbocycles. The van der Waals surface area contributed by atoms with Gasteiger partial charge >= 0.3 is 0 Å². The van der Waals surface area contributed by atoms with Crippen molar-refractivity contribution in [1.82, 2.24) is 9.55 Å². The van der Waals surface area contributed by atoms with E-state index in [1.165, 1.54) is 16.9 Å². The summed E-state index contributed by atoms with van der Waals surface area (Å²) in [7, 11) is 1.76. The average Bonchev–Trinajstić information content (AvgIpc) is 3.04. The van der Waals surface area contributed by atoms with Gasteiger partial charge in [0.05, 0.1) is 5.60 Å². The van der Waals surface area contributed by atoms with Gasteiger partial charge in [-0.05, 0) is 77.5 Å². The van der Waals surface area contributed by atoms with Gasteiger partial charge in [-0.2, -0.15) is 0 Å². The maximum absolute atomic E-state index is 12.8. The average molecular weight is 439 g/mol. The van der Waals surface area contributed by atoms with E-state index >= 15 is 0 Å². The number of ketones is 1. The van der Waals surface area contributed by atoms with Gasteiger partial charge in [0, 0.05) is 46.4 Å². The Morgan fingerprint density at radius 3 is 2.58 bits per heavy atom. The molecule has 3 aromatic heterocycles. The highest BCUT2D eigenvalue weighted by Gasteiger charge is 2.32. The molecule has 1 aliphatic carbocycles. The lowest BCUT2D eigenvalue weighted by Crippen LogP contribution is -2.27. The van der Waals surface area contributed by atoms with Crippen molar-refractivity contribution in [3.8, 4) is 11.1 Å². The molecule has 4 rings (SSSR count). The van der Waals surface area contributed by atoms with Gasteiger partial charge in [0.1, 0.15) is 10.9 Å². The highest BCUT2D eigenvalue weighted by Crippen LogP contribution is 2.45. The predicted octanol–water partition coefficient (Wildman–Crippen LogP) is 5.29. The number of carbonyl (C=O) groups excluding carboxylic acids is 1. The maximum atomic E-state index is 12.8. The fourth-order valence-electron chi connectivity index (χ4n) is 4.48. The first-order valence-corrected chi connectivity index (χ1v) is 11.7. The van der Waals surface area contributed by atoms with E-state index < -0.39 is 11.7 Å². The molecular weight excluding hydrogens is 408 g/mol. The standard InChI is InChI=1S/C25H30N2O3S/c1-14-20(23(15(2)28)30-25(3,4)5)21(16-11-12-19(29)27(6)13-16)22-17-9-7-8-10-18(17)31-24(22)26-14/h11-13,23H,7-10H2,1-6H3/t23-/m1/s1. The van der Waals surface area contributed by atoms with Gasteiger partial charge in [-0.25, -0.2) is 4.98 Å². The minimum atomic E-state index is -0.719. The van der Waals surface area contributed by atoms with E-state index in [-0.39, 0.29) is 11.3 Å². The van der Waals surface area contributed by atoms with Crippen LogP contribution in [0.5, 0.6) is 0 Å². The van der Waals surface area contributed by atoms with Crippen LogP contribution in [0.1, 0.15) is 68.3 Å². The molecule has 1 aliphatic rings. The number of nitrogens with zero attached hydrogens (tertiary/aromatic N) is 2. The lowest BCUT2D eigenvalue weighted by Gasteiger charge is -2.29. The Labute approximate surface area is 187 Å². The fourth-order valence-corrected chi connectivity index (χ4v) is 5.79. The number of aryl methyl sites for hydroxylation is 4. The number of rotatable bonds is 4. The lowest BCUT2D eigenvalue weighted by molar-refractivity contribution is -0.138. The van der Waals surface area contributed by atoms with Gasteiger partial charge in [-0.15, -0.1) is 11.3 Å². The van der Waals surface area contributed by atoms with Crippen molar-refractivity contribution in [3.63, 3.8) is 0 Å². The number of carbonyl (C=O) groups is 1. The molecule has 6 heteroatoms. The van der Waals surface area contributed by atoms with Gasteiger partial charge in [0.2, 0.25) is 5.56 Å². The second-order valence-corrected chi connectivity index (χ2v) is 10.5. The second-order valence-electron chi connectivity index (χ2n) is 9.46. The van der Waals surface area contributed by atoms with E-state index in [1.807, 2.05) is 40.0 Å². The van der Waals surface area contributed by atoms with Crippen LogP contribution in [0.4, 0.5) is 0 Å². The summed E-state index contributed by atoms with van der Waals surface area (Å²) >= 11 is 1.77. The predicted molar refractivity (Wildman–Crippen MR) is 126 cm³/mol. The molecule has 3 heterocycles. The topological polar surface area (TPSA) is 61.2 Å². The third-order valence-corrected chi connectivity index (χ3v) is 6.99. The Morgan fingerprint density at radius 1 is 1.23 bits per heavy atom. The van der Waals surface area contributed by atoms with E-state index in [0.29, 0.717) is 0 Å². The molecule has 0 amide bonds. The molecule has 164 valence electrons. The van der Waals surface area contributed by atoms with Crippen LogP contribution in [-0.4, -0.2) is 20.9 Å². The Bertz CT molecular complexity index is 1230. The molecule has 31 heavy (non-hydrogen) atoms. The summed E-state index contributed by atoms with van der Waals surface area (Å²) < 4.78 is 7.89. The molecule has 0 bridgehead atoms. The fraction of sp³-hybridized carbons (Fsp3) is 0.480. The summed E-state index contributed by atoms with van der Waals surface area (Å²) in [6, 6.07) is 3.45. The molecule has 3 aromatic rings. The number of Topliss-reactive ketones (excluding diaryl/α,β-unsaturated/α-hetero) is 1. The van der Waals surface area contributed by atoms with Crippen LogP contribution < -0.4 is 5.56 Å². The molecule has 0 saturated heterocycles. The monoisotopic (exact) mass is 438 g/mol. The first kappa shape index (κ1) is 21.9. The summed E-state index contributed by atoms with van der Waals surface area (Å²) in [6.45, 7) is 9.42. The molecule has 5 nitrogen and oxygen atoms in total. The Morgan fingerprint density at radius 2 is 1.94 bits per heavy atom. The third-order valence-electron chi connectivity index (χ3n) is 5.81. The van der Waals surface area contributed by atoms with Gasteiger partial charge in [-0.1, -0.05) is 0 Å². The maximum Gasteiger partial charge on any atom is 0.250 e. The van der Waals surface area contributed by atoms with Crippen LogP contribution >= 0.6 is 11.3 Å². The Balaban J connectivity index is 2.11. The Kier molecular flexibility index (Phi) is 5.64. The quantitative estimate of drug-likeness (QED) is 0.555. The first-order valence-electron chi connectivity index (χ1n) is 10.9. The molecule has 0 spiro atoms. The summed E-state index contributed by atoms with van der Waals surface area (Å²) in [5, 5.41) is 1.13. The zero-order valence-electron chi connectivity index (χ0n) is 19.2. The molecule has 0 unspecified atom stereocenters. The van der Waals surface area contributed by atoms with Crippen molar-refractivity contribution in [2.24, 2.45) is 7.05 Å². The number of hydrogen-bond donors (Lipinski definition) is 0. The number of fused-ring (bicyclic) bond motifs is 3. The molecule has 0 aromatic carbocycles. The van der Waals surface area contributed by atoms with E-state index in [2.05, 4.69) is 0 Å². The zero-order valence-corrected chi connectivity index (χ0v) is 20.0. The van der Waals surface area contributed by atoms with Crippen LogP contribution in [-0.2, 0) is 29.4 Å². The van der Waals surface area contributed by atoms with E-state index in [9.17, 15) is 9.59 Å². The first-order chi connectivity index (χ1) is 14.6. The Hall–Kier alpha value is -2.31. The summed E-state index contributed by atoms with van der Waals surface area (Å²) in [4.78, 5) is 32.3. The highest BCUT2D eigenvalue weighted by molar-refractivity contribution is 7.19. The van der Waals surface area contributed by atoms with E-state index in [1.54, 1.807) is 35.9 Å². The van der Waals surface area contributed by atoms with E-state index in [4.69, 9.17) is 9.72 Å². The normalized spacial score (nSPS) is 15.2. The highest BCUT2D eigenvalue weighted by atomic mass is 32.1. The number of aromatic nitrogens is 2. The van der Waals surface area contributed by atoms with Crippen LogP contribution in [0.3, 0.4) is 0 Å². The zero-order chi connectivity index (χ0) is 22.5. The lowest BCUT2D eigenvalue weighted by atomic mass is 9.87. The number of thiophene rings is 1. The molecule has 0 fully saturated rings. The number of ether oxygens (including phenoxy) is 1. The van der Waals surface area contributed by atoms with Crippen LogP contribution in [0.25, 0.3) is 21.3 Å². The van der Waals surface area contributed by atoms with Crippen LogP contribution in [0.2, 0.25) is 0 Å². The summed E-state index contributed by atoms with van der Waals surface area (Å²) in [5.41, 5.74) is 4.33. The van der Waals surface area contributed by atoms with Gasteiger partial charge in [0.25, 0.3) is 0 Å². The molecule has 0 aliphatic heterocycles. The summed E-state index contributed by atoms with van der Waals surface area (Å²) in [5.74, 6) is -0.0469. The van der Waals surface area contributed by atoms with Gasteiger partial charge in [0.15, 0.2) is 5.78 Å². The van der Waals surface area contributed by atoms with Gasteiger partial charge in [-0.3, -0.25) is 9.59 Å². The van der Waals surface area contributed by atoms with Crippen LogP contribution in [0, 0.1) is 6.92 Å². The smallest absolute Gasteiger partial charge is 0.250 e. The van der Waals surface area contributed by atoms with Crippen molar-refractivity contribution >= 4 is 27.3 Å². The number of hydrogen-bond acceptors (Lipinski definition) is 5.